The van der Waals surface area contributed by atoms with Crippen LogP contribution >= 0.6 is 12.2 Å². The molecule has 0 bridgehead atoms. The van der Waals surface area contributed by atoms with Crippen LogP contribution < -0.4 is 10.6 Å². The van der Waals surface area contributed by atoms with Crippen molar-refractivity contribution in [2.24, 2.45) is 0 Å². The summed E-state index contributed by atoms with van der Waals surface area (Å²) in [5, 5.41) is 11.1. The van der Waals surface area contributed by atoms with E-state index in [1.165, 1.54) is 6.33 Å². The highest BCUT2D eigenvalue weighted by atomic mass is 32.1. The van der Waals surface area contributed by atoms with Crippen molar-refractivity contribution in [2.75, 3.05) is 11.9 Å². The van der Waals surface area contributed by atoms with Gasteiger partial charge in [-0.25, -0.2) is 9.89 Å². The lowest BCUT2D eigenvalue weighted by molar-refractivity contribution is 0.158. The van der Waals surface area contributed by atoms with Crippen molar-refractivity contribution in [1.29, 1.82) is 0 Å². The number of carbonyl (C=O) groups excluding carboxylic acids is 1. The summed E-state index contributed by atoms with van der Waals surface area (Å²) in [4.78, 5) is 14.6. The molecule has 7 nitrogen and oxygen atoms in total. The number of alkyl carbamates (subject to hydrolysis) is 1. The van der Waals surface area contributed by atoms with Gasteiger partial charge in [-0.3, -0.25) is 5.32 Å². The van der Waals surface area contributed by atoms with E-state index in [0.717, 1.165) is 0 Å². The number of nitrogens with one attached hydrogen (secondary N) is 3. The monoisotopic (exact) mass is 219 g/mol. The van der Waals surface area contributed by atoms with E-state index in [1.807, 2.05) is 0 Å². The number of hydrogen-bond acceptors (Lipinski definition) is 5. The summed E-state index contributed by atoms with van der Waals surface area (Å²) >= 11 is 4.78. The molecule has 0 aromatic carbocycles. The minimum Gasteiger partial charge on any atom is -0.450 e. The predicted octanol–water partition coefficient (Wildman–Crippen LogP) is 0.740. The molecule has 0 saturated carbocycles. The number of rotatable bonds is 2. The third kappa shape index (κ3) is 3.35. The Morgan fingerprint density at radius 2 is 2.64 bits per heavy atom. The van der Waals surface area contributed by atoms with Gasteiger partial charge in [0.2, 0.25) is 5.95 Å². The molecule has 1 aromatic rings. The molecule has 1 rings (SSSR count). The fourth-order valence-electron chi connectivity index (χ4n) is 0.664. The summed E-state index contributed by atoms with van der Waals surface area (Å²) < 4.78 is 4.61. The molecule has 1 heterocycles. The average molecular weight is 219 g/mol. The standard InChI is InChI=1S/C6H9N5O2S.2H2/c1-2-13-6(12)10-5(14)9-4-7-3-8-11-4;;/h3H,2H2,1H3,(H3,7,8,9,10,11,12,14);2*1H. The van der Waals surface area contributed by atoms with Gasteiger partial charge in [-0.15, -0.1) is 0 Å². The van der Waals surface area contributed by atoms with Crippen molar-refractivity contribution in [1.82, 2.24) is 20.5 Å². The first-order chi connectivity index (χ1) is 6.72. The summed E-state index contributed by atoms with van der Waals surface area (Å²) in [6.45, 7) is 1.99. The molecule has 3 N–H and O–H groups in total. The number of aromatic amines is 1. The van der Waals surface area contributed by atoms with Gasteiger partial charge in [0.05, 0.1) is 6.61 Å². The summed E-state index contributed by atoms with van der Waals surface area (Å²) in [6, 6.07) is 0. The van der Waals surface area contributed by atoms with Gasteiger partial charge < -0.3 is 10.1 Å². The molecular formula is C6H13N5O2S. The van der Waals surface area contributed by atoms with Gasteiger partial charge in [-0.1, -0.05) is 0 Å². The van der Waals surface area contributed by atoms with Crippen LogP contribution in [0.4, 0.5) is 10.7 Å². The fourth-order valence-corrected chi connectivity index (χ4v) is 0.844. The lowest BCUT2D eigenvalue weighted by Gasteiger charge is -2.05. The van der Waals surface area contributed by atoms with Gasteiger partial charge in [-0.05, 0) is 19.1 Å². The summed E-state index contributed by atoms with van der Waals surface area (Å²) in [5.74, 6) is 0.354. The van der Waals surface area contributed by atoms with Crippen LogP contribution in [0, 0.1) is 0 Å². The Bertz CT molecular complexity index is 321. The van der Waals surface area contributed by atoms with Crippen LogP contribution in [-0.4, -0.2) is 33.0 Å². The Kier molecular flexibility index (Phi) is 3.80. The molecule has 14 heavy (non-hydrogen) atoms. The number of carbonyl (C=O) groups is 1. The summed E-state index contributed by atoms with van der Waals surface area (Å²) in [7, 11) is 0. The minimum atomic E-state index is -0.607. The van der Waals surface area contributed by atoms with Gasteiger partial charge in [0.25, 0.3) is 0 Å². The third-order valence-electron chi connectivity index (χ3n) is 1.14. The number of aromatic nitrogens is 3. The highest BCUT2D eigenvalue weighted by Crippen LogP contribution is 1.91. The van der Waals surface area contributed by atoms with Crippen molar-refractivity contribution >= 4 is 29.4 Å². The molecule has 1 amide bonds. The first-order valence-corrected chi connectivity index (χ1v) is 4.23. The zero-order valence-electron chi connectivity index (χ0n) is 7.40. The molecule has 0 aliphatic carbocycles. The number of thiocarbonyl (C=S) groups is 1. The lowest BCUT2D eigenvalue weighted by atomic mass is 10.8. The molecule has 0 fully saturated rings. The molecular weight excluding hydrogens is 206 g/mol. The van der Waals surface area contributed by atoms with Crippen molar-refractivity contribution in [3.8, 4) is 0 Å². The van der Waals surface area contributed by atoms with E-state index in [9.17, 15) is 4.79 Å². The smallest absolute Gasteiger partial charge is 0.413 e. The molecule has 8 heteroatoms. The summed E-state index contributed by atoms with van der Waals surface area (Å²) in [6.07, 6.45) is 0.708. The lowest BCUT2D eigenvalue weighted by Crippen LogP contribution is -2.34. The van der Waals surface area contributed by atoms with E-state index >= 15 is 0 Å². The van der Waals surface area contributed by atoms with E-state index in [0.29, 0.717) is 5.95 Å². The quantitative estimate of drug-likeness (QED) is 0.635. The SMILES string of the molecule is CCOC(=O)NC(=S)Nc1ncn[nH]1.[HH].[HH]. The van der Waals surface area contributed by atoms with Crippen molar-refractivity contribution in [3.63, 3.8) is 0 Å². The number of H-pyrrole nitrogens is 1. The number of hydrogen-bond donors (Lipinski definition) is 3. The maximum Gasteiger partial charge on any atom is 0.413 e. The normalized spacial score (nSPS) is 9.21. The molecule has 1 aromatic heterocycles. The molecule has 0 aliphatic rings. The third-order valence-corrected chi connectivity index (χ3v) is 1.34. The topological polar surface area (TPSA) is 91.9 Å². The molecule has 0 spiro atoms. The molecule has 0 radical (unpaired) electrons. The Hall–Kier alpha value is -1.70. The van der Waals surface area contributed by atoms with Crippen molar-refractivity contribution < 1.29 is 12.4 Å². The van der Waals surface area contributed by atoms with Crippen LogP contribution in [0.3, 0.4) is 0 Å². The molecule has 0 atom stereocenters. The Balaban J connectivity index is 0. The number of amides is 1. The molecule has 0 saturated heterocycles. The second-order valence-corrected chi connectivity index (χ2v) is 2.54. The minimum absolute atomic E-state index is 0. The Labute approximate surface area is 88.2 Å². The zero-order valence-corrected chi connectivity index (χ0v) is 8.22. The van der Waals surface area contributed by atoms with E-state index in [2.05, 4.69) is 30.6 Å². The number of ether oxygens (including phenoxy) is 1. The highest BCUT2D eigenvalue weighted by Gasteiger charge is 2.05. The van der Waals surface area contributed by atoms with Crippen LogP contribution in [0.2, 0.25) is 0 Å². The molecule has 0 aliphatic heterocycles. The average Bonchev–Trinajstić information content (AvgIpc) is 2.56. The van der Waals surface area contributed by atoms with Crippen LogP contribution in [0.15, 0.2) is 6.33 Å². The van der Waals surface area contributed by atoms with Crippen LogP contribution in [0.25, 0.3) is 0 Å². The maximum atomic E-state index is 10.9. The molecule has 0 unspecified atom stereocenters. The first kappa shape index (κ1) is 10.4. The van der Waals surface area contributed by atoms with Crippen LogP contribution in [0.1, 0.15) is 9.78 Å². The van der Waals surface area contributed by atoms with Crippen molar-refractivity contribution in [2.45, 2.75) is 6.92 Å². The fraction of sp³-hybridized carbons (Fsp3) is 0.333. The zero-order chi connectivity index (χ0) is 10.4. The van der Waals surface area contributed by atoms with Crippen molar-refractivity contribution in [3.05, 3.63) is 6.33 Å². The van der Waals surface area contributed by atoms with Gasteiger partial charge in [0.1, 0.15) is 6.33 Å². The van der Waals surface area contributed by atoms with E-state index < -0.39 is 6.09 Å². The van der Waals surface area contributed by atoms with Gasteiger partial charge in [-0.2, -0.15) is 10.1 Å². The Morgan fingerprint density at radius 3 is 3.21 bits per heavy atom. The van der Waals surface area contributed by atoms with Gasteiger partial charge >= 0.3 is 6.09 Å². The van der Waals surface area contributed by atoms with E-state index in [-0.39, 0.29) is 14.6 Å². The maximum absolute atomic E-state index is 10.9. The second-order valence-electron chi connectivity index (χ2n) is 2.13. The highest BCUT2D eigenvalue weighted by molar-refractivity contribution is 7.80. The van der Waals surface area contributed by atoms with Crippen LogP contribution in [-0.2, 0) is 4.74 Å². The van der Waals surface area contributed by atoms with Crippen LogP contribution in [0.5, 0.6) is 0 Å². The number of anilines is 1. The predicted molar refractivity (Wildman–Crippen MR) is 57.0 cm³/mol. The Morgan fingerprint density at radius 1 is 1.86 bits per heavy atom. The largest absolute Gasteiger partial charge is 0.450 e. The summed E-state index contributed by atoms with van der Waals surface area (Å²) in [5.41, 5.74) is 0. The van der Waals surface area contributed by atoms with E-state index in [1.54, 1.807) is 6.92 Å². The molecule has 80 valence electrons. The van der Waals surface area contributed by atoms with Gasteiger partial charge in [0.15, 0.2) is 5.11 Å². The number of nitrogens with zero attached hydrogens (tertiary/aromatic N) is 2. The first-order valence-electron chi connectivity index (χ1n) is 3.82. The van der Waals surface area contributed by atoms with Gasteiger partial charge in [0, 0.05) is 2.85 Å². The second kappa shape index (κ2) is 5.12. The van der Waals surface area contributed by atoms with E-state index in [4.69, 9.17) is 12.2 Å².